The average molecular weight is 824 g/mol. The number of nitrogens with zero attached hydrogens (tertiary/aromatic N) is 2. The Bertz CT molecular complexity index is 2080. The SMILES string of the molecule is CC1(C)[C@@H](O)CC[C@]2(C)[C@H]3C(=O)C=C4[C@@H]5C[C@@](C)(C(=O)NCC(=O)OCCCCOc6no[n+]([O-])c6S(=O)(=O)c6ccccc6)CC[C@]5(C)CC[C@@]4(C)[C@]3(C)CC[C@@H]12. The van der Waals surface area contributed by atoms with Crippen molar-refractivity contribution in [1.82, 2.24) is 10.5 Å². The molecule has 1 amide bonds. The van der Waals surface area contributed by atoms with Gasteiger partial charge in [-0.2, -0.15) is 0 Å². The summed E-state index contributed by atoms with van der Waals surface area (Å²) >= 11 is 0. The van der Waals surface area contributed by atoms with Gasteiger partial charge in [0, 0.05) is 11.3 Å². The van der Waals surface area contributed by atoms with Crippen LogP contribution in [0.4, 0.5) is 0 Å². The molecular formula is C44H61N3O10S. The largest absolute Gasteiger partial charge is 0.464 e. The molecule has 4 saturated carbocycles. The summed E-state index contributed by atoms with van der Waals surface area (Å²) in [5, 5.41) is 28.7. The Kier molecular flexibility index (Phi) is 10.8. The minimum Gasteiger partial charge on any atom is -0.464 e. The molecule has 1 heterocycles. The summed E-state index contributed by atoms with van der Waals surface area (Å²) in [6.45, 7) is 15.5. The molecule has 4 fully saturated rings. The van der Waals surface area contributed by atoms with Gasteiger partial charge in [0.25, 0.3) is 9.84 Å². The van der Waals surface area contributed by atoms with Crippen LogP contribution in [0.15, 0.2) is 56.5 Å². The Morgan fingerprint density at radius 2 is 1.66 bits per heavy atom. The van der Waals surface area contributed by atoms with Gasteiger partial charge < -0.3 is 25.1 Å². The highest BCUT2D eigenvalue weighted by Crippen LogP contribution is 2.75. The number of hydrogen-bond donors (Lipinski definition) is 2. The molecule has 5 aliphatic rings. The molecule has 7 rings (SSSR count). The van der Waals surface area contributed by atoms with Crippen molar-refractivity contribution in [3.05, 3.63) is 47.2 Å². The predicted molar refractivity (Wildman–Crippen MR) is 211 cm³/mol. The number of rotatable bonds is 11. The fraction of sp³-hybridized carbons (Fsp3) is 0.705. The lowest BCUT2D eigenvalue weighted by molar-refractivity contribution is -0.832. The number of carbonyl (C=O) groups excluding carboxylic acids is 3. The first kappa shape index (κ1) is 42.3. The number of ether oxygens (including phenoxy) is 2. The molecule has 5 aliphatic carbocycles. The van der Waals surface area contributed by atoms with Crippen LogP contribution >= 0.6 is 0 Å². The van der Waals surface area contributed by atoms with E-state index >= 15 is 0 Å². The van der Waals surface area contributed by atoms with E-state index in [1.807, 2.05) is 13.0 Å². The zero-order chi connectivity index (χ0) is 42.1. The molecule has 318 valence electrons. The maximum atomic E-state index is 14.6. The van der Waals surface area contributed by atoms with E-state index in [-0.39, 0.29) is 92.2 Å². The number of aromatic nitrogens is 2. The third-order valence-corrected chi connectivity index (χ3v) is 18.1. The summed E-state index contributed by atoms with van der Waals surface area (Å²) in [5.74, 6) is -0.792. The molecule has 1 aromatic carbocycles. The Hall–Kier alpha value is -3.78. The second-order valence-corrected chi connectivity index (χ2v) is 21.8. The van der Waals surface area contributed by atoms with Crippen molar-refractivity contribution in [3.63, 3.8) is 0 Å². The highest BCUT2D eigenvalue weighted by atomic mass is 32.2. The highest BCUT2D eigenvalue weighted by Gasteiger charge is 2.70. The number of nitrogens with one attached hydrogen (secondary N) is 1. The van der Waals surface area contributed by atoms with Crippen LogP contribution in [0, 0.1) is 55.5 Å². The van der Waals surface area contributed by atoms with Crippen LogP contribution in [0.3, 0.4) is 0 Å². The van der Waals surface area contributed by atoms with E-state index in [4.69, 9.17) is 9.47 Å². The van der Waals surface area contributed by atoms with E-state index in [2.05, 4.69) is 56.6 Å². The Balaban J connectivity index is 0.941. The molecule has 0 radical (unpaired) electrons. The fourth-order valence-electron chi connectivity index (χ4n) is 12.6. The van der Waals surface area contributed by atoms with Crippen LogP contribution in [0.5, 0.6) is 5.88 Å². The van der Waals surface area contributed by atoms with Gasteiger partial charge in [0.05, 0.1) is 29.4 Å². The monoisotopic (exact) mass is 823 g/mol. The first-order valence-electron chi connectivity index (χ1n) is 21.0. The molecule has 0 saturated heterocycles. The smallest absolute Gasteiger partial charge is 0.414 e. The van der Waals surface area contributed by atoms with E-state index in [9.17, 15) is 33.1 Å². The normalized spacial score (nSPS) is 36.6. The number of ketones is 1. The maximum Gasteiger partial charge on any atom is 0.414 e. The van der Waals surface area contributed by atoms with Gasteiger partial charge >= 0.3 is 16.9 Å². The average Bonchev–Trinajstić information content (AvgIpc) is 3.56. The van der Waals surface area contributed by atoms with Crippen molar-refractivity contribution < 1.29 is 46.9 Å². The zero-order valence-corrected chi connectivity index (χ0v) is 35.9. The zero-order valence-electron chi connectivity index (χ0n) is 35.1. The molecule has 0 aliphatic heterocycles. The fourth-order valence-corrected chi connectivity index (χ4v) is 13.9. The number of amides is 1. The van der Waals surface area contributed by atoms with Crippen molar-refractivity contribution in [3.8, 4) is 5.88 Å². The van der Waals surface area contributed by atoms with Crippen LogP contribution in [0.25, 0.3) is 0 Å². The minimum atomic E-state index is -4.24. The number of sulfone groups is 1. The number of unbranched alkanes of at least 4 members (excludes halogenated alkanes) is 1. The molecule has 1 aromatic heterocycles. The summed E-state index contributed by atoms with van der Waals surface area (Å²) < 4.78 is 41.2. The molecule has 0 spiro atoms. The van der Waals surface area contributed by atoms with E-state index in [0.29, 0.717) is 32.1 Å². The lowest BCUT2D eigenvalue weighted by Crippen LogP contribution is -2.66. The quantitative estimate of drug-likeness (QED) is 0.147. The van der Waals surface area contributed by atoms with Gasteiger partial charge in [-0.1, -0.05) is 72.2 Å². The van der Waals surface area contributed by atoms with E-state index in [0.717, 1.165) is 38.5 Å². The van der Waals surface area contributed by atoms with Crippen LogP contribution in [-0.2, 0) is 29.0 Å². The van der Waals surface area contributed by atoms with Gasteiger partial charge in [-0.05, 0) is 133 Å². The highest BCUT2D eigenvalue weighted by molar-refractivity contribution is 7.91. The molecule has 58 heavy (non-hydrogen) atoms. The maximum absolute atomic E-state index is 14.6. The van der Waals surface area contributed by atoms with Gasteiger partial charge in [-0.25, -0.2) is 8.42 Å². The molecule has 0 bridgehead atoms. The molecule has 2 N–H and O–H groups in total. The van der Waals surface area contributed by atoms with Crippen LogP contribution < -0.4 is 15.0 Å². The van der Waals surface area contributed by atoms with Crippen LogP contribution in [0.1, 0.15) is 119 Å². The standard InChI is InChI=1S/C44H61N3O10S/c1-39(2)32-15-18-44(7)35(42(32,5)17-16-33(39)49)31(48)25-29-30-26-41(4,20-19-40(30,3)21-22-43(29,44)6)38(51)45-27-34(50)55-23-11-12-24-56-36-37(47(52)57-46-36)58(53,54)28-13-9-8-10-14-28/h8-10,13-14,25,30,32-33,35,49H,11-12,15-24,26-27H2,1-7H3,(H,45,51)/t30-,32-,33-,35+,40+,41-,42-,43+,44+/m0/s1. The van der Waals surface area contributed by atoms with Crippen LogP contribution in [-0.4, -0.2) is 62.2 Å². The molecule has 9 atom stereocenters. The topological polar surface area (TPSA) is 189 Å². The van der Waals surface area contributed by atoms with Crippen molar-refractivity contribution >= 4 is 27.5 Å². The minimum absolute atomic E-state index is 0.0143. The van der Waals surface area contributed by atoms with Gasteiger partial charge in [0.15, 0.2) is 5.78 Å². The van der Waals surface area contributed by atoms with Crippen molar-refractivity contribution in [2.75, 3.05) is 19.8 Å². The van der Waals surface area contributed by atoms with Gasteiger partial charge in [0.2, 0.25) is 5.91 Å². The summed E-state index contributed by atoms with van der Waals surface area (Å²) in [6, 6.07) is 7.40. The number of aliphatic hydroxyl groups excluding tert-OH is 1. The van der Waals surface area contributed by atoms with Gasteiger partial charge in [-0.15, -0.1) is 0 Å². The number of carbonyl (C=O) groups is 3. The van der Waals surface area contributed by atoms with E-state index < -0.39 is 32.1 Å². The lowest BCUT2D eigenvalue weighted by atomic mass is 9.33. The Morgan fingerprint density at radius 3 is 2.38 bits per heavy atom. The number of hydrogen-bond acceptors (Lipinski definition) is 11. The van der Waals surface area contributed by atoms with Gasteiger partial charge in [-0.3, -0.25) is 19.0 Å². The summed E-state index contributed by atoms with van der Waals surface area (Å²) in [5.41, 5.74) is -0.415. The first-order chi connectivity index (χ1) is 27.1. The molecule has 0 unspecified atom stereocenters. The molecule has 14 heteroatoms. The van der Waals surface area contributed by atoms with Crippen molar-refractivity contribution in [2.45, 2.75) is 135 Å². The Morgan fingerprint density at radius 1 is 0.966 bits per heavy atom. The number of benzene rings is 1. The second-order valence-electron chi connectivity index (χ2n) is 19.9. The predicted octanol–water partition coefficient (Wildman–Crippen LogP) is 6.30. The first-order valence-corrected chi connectivity index (χ1v) is 22.5. The number of aliphatic hydroxyl groups is 1. The van der Waals surface area contributed by atoms with Crippen molar-refractivity contribution in [2.24, 2.45) is 50.2 Å². The summed E-state index contributed by atoms with van der Waals surface area (Å²) in [4.78, 5) is 40.9. The molecule has 2 aromatic rings. The van der Waals surface area contributed by atoms with E-state index in [1.165, 1.54) is 29.8 Å². The van der Waals surface area contributed by atoms with Crippen LogP contribution in [0.2, 0.25) is 0 Å². The third kappa shape index (κ3) is 6.68. The van der Waals surface area contributed by atoms with E-state index in [1.54, 1.807) is 6.07 Å². The molecule has 13 nitrogen and oxygen atoms in total. The number of fused-ring (bicyclic) bond motifs is 7. The summed E-state index contributed by atoms with van der Waals surface area (Å²) in [6.07, 6.45) is 10.0. The second kappa shape index (κ2) is 14.7. The Labute approximate surface area is 342 Å². The van der Waals surface area contributed by atoms with Gasteiger partial charge in [0.1, 0.15) is 6.54 Å². The molecular weight excluding hydrogens is 763 g/mol. The third-order valence-electron chi connectivity index (χ3n) is 16.4. The number of allylic oxidation sites excluding steroid dienone is 2. The summed E-state index contributed by atoms with van der Waals surface area (Å²) in [7, 11) is -4.24. The van der Waals surface area contributed by atoms with Crippen molar-refractivity contribution in [1.29, 1.82) is 0 Å². The number of esters is 1. The lowest BCUT2D eigenvalue weighted by Gasteiger charge is -2.70.